The number of anilines is 1. The van der Waals surface area contributed by atoms with Crippen LogP contribution in [0, 0.1) is 11.3 Å². The highest BCUT2D eigenvalue weighted by molar-refractivity contribution is 5.96. The molecule has 2 aliphatic rings. The molecule has 0 radical (unpaired) electrons. The van der Waals surface area contributed by atoms with E-state index in [4.69, 9.17) is 4.74 Å². The van der Waals surface area contributed by atoms with Crippen molar-refractivity contribution in [2.24, 2.45) is 7.05 Å². The van der Waals surface area contributed by atoms with E-state index >= 15 is 0 Å². The summed E-state index contributed by atoms with van der Waals surface area (Å²) in [6.45, 7) is 0. The van der Waals surface area contributed by atoms with Crippen molar-refractivity contribution in [1.82, 2.24) is 24.6 Å². The molecule has 2 fully saturated rings. The molecule has 0 aliphatic heterocycles. The number of urea groups is 1. The van der Waals surface area contributed by atoms with Gasteiger partial charge in [0, 0.05) is 36.3 Å². The molecule has 0 spiro atoms. The molecule has 0 bridgehead atoms. The van der Waals surface area contributed by atoms with E-state index in [1.165, 1.54) is 19.2 Å². The molecule has 0 unspecified atom stereocenters. The zero-order valence-corrected chi connectivity index (χ0v) is 20.1. The Labute approximate surface area is 208 Å². The van der Waals surface area contributed by atoms with Gasteiger partial charge in [0.25, 0.3) is 0 Å². The van der Waals surface area contributed by atoms with Crippen LogP contribution >= 0.6 is 0 Å². The summed E-state index contributed by atoms with van der Waals surface area (Å²) in [5.74, 6) is 0.643. The fourth-order valence-corrected chi connectivity index (χ4v) is 4.87. The van der Waals surface area contributed by atoms with Gasteiger partial charge in [-0.3, -0.25) is 0 Å². The third-order valence-electron chi connectivity index (χ3n) is 7.26. The molecule has 6 rings (SSSR count). The van der Waals surface area contributed by atoms with Gasteiger partial charge in [-0.05, 0) is 68.4 Å². The number of nitriles is 1. The lowest BCUT2D eigenvalue weighted by Gasteiger charge is -2.30. The summed E-state index contributed by atoms with van der Waals surface area (Å²) in [5.41, 5.74) is 4.17. The molecule has 2 heterocycles. The van der Waals surface area contributed by atoms with Crippen molar-refractivity contribution in [2.75, 3.05) is 5.32 Å². The average molecular weight is 482 g/mol. The first-order chi connectivity index (χ1) is 17.6. The molecule has 2 aromatic carbocycles. The number of hydrogen-bond acceptors (Lipinski definition) is 5. The van der Waals surface area contributed by atoms with E-state index in [0.29, 0.717) is 23.4 Å². The number of amides is 2. The molecule has 9 heteroatoms. The summed E-state index contributed by atoms with van der Waals surface area (Å²) < 4.78 is 9.83. The topological polar surface area (TPSA) is 110 Å². The number of carbonyl (C=O) groups is 1. The summed E-state index contributed by atoms with van der Waals surface area (Å²) in [6, 6.07) is 16.8. The maximum absolute atomic E-state index is 12.3. The van der Waals surface area contributed by atoms with Crippen molar-refractivity contribution in [3.63, 3.8) is 0 Å². The largest absolute Gasteiger partial charge is 0.424 e. The zero-order chi connectivity index (χ0) is 24.6. The lowest BCUT2D eigenvalue weighted by atomic mass is 9.92. The van der Waals surface area contributed by atoms with Crippen LogP contribution in [0.25, 0.3) is 22.2 Å². The molecule has 2 N–H and O–H groups in total. The van der Waals surface area contributed by atoms with Gasteiger partial charge in [-0.1, -0.05) is 12.1 Å². The number of nitrogens with one attached hydrogen (secondary N) is 2. The SMILES string of the molecule is Cn1ncnc1Oc1ccc2c(C#N)c(-c3ccc(NC(=O)NC4CCC4)cc3)n(C3CCC3)c2c1. The molecule has 0 saturated heterocycles. The number of hydrogen-bond donors (Lipinski definition) is 2. The fraction of sp³-hybridized carbons (Fsp3) is 0.333. The van der Waals surface area contributed by atoms with Crippen LogP contribution in [0.15, 0.2) is 48.8 Å². The Hall–Kier alpha value is -4.32. The Morgan fingerprint density at radius 3 is 2.50 bits per heavy atom. The number of fused-ring (bicyclic) bond motifs is 1. The maximum Gasteiger partial charge on any atom is 0.320 e. The molecule has 182 valence electrons. The summed E-state index contributed by atoms with van der Waals surface area (Å²) in [6.07, 6.45) is 8.00. The highest BCUT2D eigenvalue weighted by atomic mass is 16.5. The van der Waals surface area contributed by atoms with E-state index in [1.54, 1.807) is 11.7 Å². The minimum Gasteiger partial charge on any atom is -0.424 e. The van der Waals surface area contributed by atoms with E-state index < -0.39 is 0 Å². The van der Waals surface area contributed by atoms with Crippen LogP contribution in [0.5, 0.6) is 11.8 Å². The molecule has 36 heavy (non-hydrogen) atoms. The van der Waals surface area contributed by atoms with Gasteiger partial charge in [0.2, 0.25) is 0 Å². The number of benzene rings is 2. The van der Waals surface area contributed by atoms with Crippen LogP contribution in [0.3, 0.4) is 0 Å². The van der Waals surface area contributed by atoms with E-state index in [0.717, 1.165) is 53.5 Å². The Balaban J connectivity index is 1.36. The fourth-order valence-electron chi connectivity index (χ4n) is 4.87. The Morgan fingerprint density at radius 1 is 1.11 bits per heavy atom. The monoisotopic (exact) mass is 481 g/mol. The molecular formula is C27H27N7O2. The van der Waals surface area contributed by atoms with E-state index in [-0.39, 0.29) is 12.1 Å². The number of aromatic nitrogens is 4. The van der Waals surface area contributed by atoms with Crippen molar-refractivity contribution in [1.29, 1.82) is 5.26 Å². The molecule has 2 aromatic heterocycles. The highest BCUT2D eigenvalue weighted by Gasteiger charge is 2.28. The summed E-state index contributed by atoms with van der Waals surface area (Å²) in [7, 11) is 1.78. The zero-order valence-electron chi connectivity index (χ0n) is 20.1. The van der Waals surface area contributed by atoms with Gasteiger partial charge in [0.05, 0.1) is 16.8 Å². The number of rotatable bonds is 6. The van der Waals surface area contributed by atoms with Gasteiger partial charge in [0.15, 0.2) is 0 Å². The van der Waals surface area contributed by atoms with Gasteiger partial charge in [-0.2, -0.15) is 15.3 Å². The van der Waals surface area contributed by atoms with Crippen molar-refractivity contribution < 1.29 is 9.53 Å². The van der Waals surface area contributed by atoms with Gasteiger partial charge in [-0.15, -0.1) is 0 Å². The predicted molar refractivity (Wildman–Crippen MR) is 136 cm³/mol. The van der Waals surface area contributed by atoms with Crippen LogP contribution in [-0.4, -0.2) is 31.4 Å². The van der Waals surface area contributed by atoms with Crippen LogP contribution < -0.4 is 15.4 Å². The van der Waals surface area contributed by atoms with E-state index in [2.05, 4.69) is 31.4 Å². The number of nitrogens with zero attached hydrogens (tertiary/aromatic N) is 5. The number of carbonyl (C=O) groups excluding carboxylic acids is 1. The second-order valence-electron chi connectivity index (χ2n) is 9.54. The standard InChI is InChI=1S/C27H27N7O2/c1-33-27(29-16-30-33)36-21-12-13-22-23(15-28)25(34(24(22)14-21)20-6-3-7-20)17-8-10-19(11-9-17)32-26(35)31-18-4-2-5-18/h8-14,16,18,20H,2-7H2,1H3,(H2,31,32,35). The lowest BCUT2D eigenvalue weighted by molar-refractivity contribution is 0.240. The molecule has 4 aromatic rings. The molecule has 9 nitrogen and oxygen atoms in total. The van der Waals surface area contributed by atoms with Crippen molar-refractivity contribution in [2.45, 2.75) is 50.6 Å². The highest BCUT2D eigenvalue weighted by Crippen LogP contribution is 2.43. The smallest absolute Gasteiger partial charge is 0.320 e. The van der Waals surface area contributed by atoms with Gasteiger partial charge >= 0.3 is 12.0 Å². The molecule has 0 atom stereocenters. The number of ether oxygens (including phenoxy) is 1. The van der Waals surface area contributed by atoms with Crippen LogP contribution in [0.1, 0.15) is 50.1 Å². The summed E-state index contributed by atoms with van der Waals surface area (Å²) in [4.78, 5) is 16.4. The Kier molecular flexibility index (Phi) is 5.56. The minimum absolute atomic E-state index is 0.177. The Morgan fingerprint density at radius 2 is 1.89 bits per heavy atom. The van der Waals surface area contributed by atoms with Gasteiger partial charge < -0.3 is 19.9 Å². The molecule has 2 amide bonds. The Bertz CT molecular complexity index is 1470. The first-order valence-corrected chi connectivity index (χ1v) is 12.4. The van der Waals surface area contributed by atoms with Crippen LogP contribution in [0.4, 0.5) is 10.5 Å². The first-order valence-electron chi connectivity index (χ1n) is 12.4. The average Bonchev–Trinajstić information content (AvgIpc) is 3.36. The second-order valence-corrected chi connectivity index (χ2v) is 9.54. The number of aryl methyl sites for hydroxylation is 1. The third-order valence-corrected chi connectivity index (χ3v) is 7.26. The van der Waals surface area contributed by atoms with Crippen molar-refractivity contribution in [3.05, 3.63) is 54.4 Å². The molecular weight excluding hydrogens is 454 g/mol. The van der Waals surface area contributed by atoms with Crippen molar-refractivity contribution in [3.8, 4) is 29.1 Å². The maximum atomic E-state index is 12.3. The van der Waals surface area contributed by atoms with Gasteiger partial charge in [-0.25, -0.2) is 9.48 Å². The predicted octanol–water partition coefficient (Wildman–Crippen LogP) is 5.50. The van der Waals surface area contributed by atoms with Crippen molar-refractivity contribution >= 4 is 22.6 Å². The van der Waals surface area contributed by atoms with Gasteiger partial charge in [0.1, 0.15) is 18.1 Å². The quantitative estimate of drug-likeness (QED) is 0.378. The van der Waals surface area contributed by atoms with Crippen LogP contribution in [0.2, 0.25) is 0 Å². The van der Waals surface area contributed by atoms with E-state index in [9.17, 15) is 10.1 Å². The second kappa shape index (κ2) is 9.04. The molecule has 2 saturated carbocycles. The van der Waals surface area contributed by atoms with E-state index in [1.807, 2.05) is 42.5 Å². The normalized spacial score (nSPS) is 15.7. The summed E-state index contributed by atoms with van der Waals surface area (Å²) >= 11 is 0. The molecule has 2 aliphatic carbocycles. The first kappa shape index (κ1) is 22.2. The third kappa shape index (κ3) is 3.94. The minimum atomic E-state index is -0.177. The summed E-state index contributed by atoms with van der Waals surface area (Å²) in [5, 5.41) is 21.0. The lowest BCUT2D eigenvalue weighted by Crippen LogP contribution is -2.41. The van der Waals surface area contributed by atoms with Crippen LogP contribution in [-0.2, 0) is 7.05 Å².